The van der Waals surface area contributed by atoms with Gasteiger partial charge in [-0.2, -0.15) is 0 Å². The SMILES string of the molecule is Cc1cccc(CC(N)C(=O)N2CCN(c3cncc4ccccc34)CC2)c1. The minimum Gasteiger partial charge on any atom is -0.366 e. The molecule has 2 N–H and O–H groups in total. The van der Waals surface area contributed by atoms with Crippen LogP contribution < -0.4 is 10.6 Å². The van der Waals surface area contributed by atoms with Crippen LogP contribution in [0.15, 0.2) is 60.9 Å². The van der Waals surface area contributed by atoms with Crippen LogP contribution in [0.1, 0.15) is 11.1 Å². The summed E-state index contributed by atoms with van der Waals surface area (Å²) < 4.78 is 0. The number of aryl methyl sites for hydroxylation is 1. The molecule has 1 aliphatic rings. The fourth-order valence-electron chi connectivity index (χ4n) is 3.94. The van der Waals surface area contributed by atoms with Crippen LogP contribution >= 0.6 is 0 Å². The van der Waals surface area contributed by atoms with Crippen LogP contribution in [0.3, 0.4) is 0 Å². The summed E-state index contributed by atoms with van der Waals surface area (Å²) in [7, 11) is 0. The number of hydrogen-bond donors (Lipinski definition) is 1. The quantitative estimate of drug-likeness (QED) is 0.763. The number of nitrogens with zero attached hydrogens (tertiary/aromatic N) is 3. The van der Waals surface area contributed by atoms with Gasteiger partial charge in [-0.25, -0.2) is 0 Å². The first-order valence-electron chi connectivity index (χ1n) is 9.79. The minimum atomic E-state index is -0.493. The van der Waals surface area contributed by atoms with E-state index in [-0.39, 0.29) is 5.91 Å². The van der Waals surface area contributed by atoms with Crippen molar-refractivity contribution in [3.05, 3.63) is 72.1 Å². The minimum absolute atomic E-state index is 0.0391. The van der Waals surface area contributed by atoms with Crippen LogP contribution in [0.2, 0.25) is 0 Å². The van der Waals surface area contributed by atoms with E-state index in [2.05, 4.69) is 47.1 Å². The lowest BCUT2D eigenvalue weighted by Crippen LogP contribution is -2.53. The maximum Gasteiger partial charge on any atom is 0.239 e. The van der Waals surface area contributed by atoms with Gasteiger partial charge in [0.25, 0.3) is 0 Å². The van der Waals surface area contributed by atoms with Crippen LogP contribution in [-0.4, -0.2) is 48.0 Å². The summed E-state index contributed by atoms with van der Waals surface area (Å²) in [5.41, 5.74) is 9.67. The maximum absolute atomic E-state index is 12.8. The van der Waals surface area contributed by atoms with Crippen molar-refractivity contribution in [2.45, 2.75) is 19.4 Å². The van der Waals surface area contributed by atoms with Crippen molar-refractivity contribution in [3.8, 4) is 0 Å². The Balaban J connectivity index is 1.40. The molecule has 5 nitrogen and oxygen atoms in total. The molecule has 28 heavy (non-hydrogen) atoms. The number of nitrogens with two attached hydrogens (primary N) is 1. The number of hydrogen-bond acceptors (Lipinski definition) is 4. The van der Waals surface area contributed by atoms with Gasteiger partial charge in [-0.05, 0) is 18.9 Å². The molecule has 3 aromatic rings. The van der Waals surface area contributed by atoms with E-state index in [0.717, 1.165) is 29.7 Å². The number of rotatable bonds is 4. The Bertz CT molecular complexity index is 974. The fourth-order valence-corrected chi connectivity index (χ4v) is 3.94. The molecule has 144 valence electrons. The lowest BCUT2D eigenvalue weighted by atomic mass is 10.0. The Morgan fingerprint density at radius 3 is 2.64 bits per heavy atom. The number of amides is 1. The average Bonchev–Trinajstić information content (AvgIpc) is 2.73. The standard InChI is InChI=1S/C23H26N4O/c1-17-5-4-6-18(13-17)14-21(24)23(28)27-11-9-26(10-12-27)22-16-25-15-19-7-2-3-8-20(19)22/h2-8,13,15-16,21H,9-12,14,24H2,1H3. The second kappa shape index (κ2) is 7.98. The first-order valence-corrected chi connectivity index (χ1v) is 9.79. The van der Waals surface area contributed by atoms with Gasteiger partial charge < -0.3 is 15.5 Å². The molecule has 1 fully saturated rings. The van der Waals surface area contributed by atoms with Gasteiger partial charge in [0.2, 0.25) is 5.91 Å². The van der Waals surface area contributed by atoms with Crippen LogP contribution in [0, 0.1) is 6.92 Å². The Kier molecular flexibility index (Phi) is 5.26. The third kappa shape index (κ3) is 3.85. The number of pyridine rings is 1. The van der Waals surface area contributed by atoms with E-state index >= 15 is 0 Å². The molecule has 1 atom stereocenters. The second-order valence-electron chi connectivity index (χ2n) is 7.49. The first kappa shape index (κ1) is 18.4. The molecule has 1 saturated heterocycles. The Labute approximate surface area is 165 Å². The molecule has 0 radical (unpaired) electrons. The van der Waals surface area contributed by atoms with E-state index in [4.69, 9.17) is 5.73 Å². The molecular formula is C23H26N4O. The smallest absolute Gasteiger partial charge is 0.239 e. The van der Waals surface area contributed by atoms with E-state index in [1.165, 1.54) is 10.9 Å². The molecule has 1 aliphatic heterocycles. The monoisotopic (exact) mass is 374 g/mol. The number of fused-ring (bicyclic) bond motifs is 1. The molecule has 0 bridgehead atoms. The number of aromatic nitrogens is 1. The second-order valence-corrected chi connectivity index (χ2v) is 7.49. The first-order chi connectivity index (χ1) is 13.6. The molecule has 2 heterocycles. The van der Waals surface area contributed by atoms with Crippen LogP contribution in [0.5, 0.6) is 0 Å². The number of carbonyl (C=O) groups excluding carboxylic acids is 1. The molecule has 0 spiro atoms. The summed E-state index contributed by atoms with van der Waals surface area (Å²) >= 11 is 0. The van der Waals surface area contributed by atoms with Crippen molar-refractivity contribution in [2.75, 3.05) is 31.1 Å². The lowest BCUT2D eigenvalue weighted by molar-refractivity contribution is -0.132. The van der Waals surface area contributed by atoms with Crippen LogP contribution in [-0.2, 0) is 11.2 Å². The molecule has 0 saturated carbocycles. The summed E-state index contributed by atoms with van der Waals surface area (Å²) in [6.07, 6.45) is 4.39. The van der Waals surface area contributed by atoms with E-state index in [1.54, 1.807) is 0 Å². The molecule has 2 aromatic carbocycles. The summed E-state index contributed by atoms with van der Waals surface area (Å²) in [5.74, 6) is 0.0391. The van der Waals surface area contributed by atoms with Crippen molar-refractivity contribution in [1.29, 1.82) is 0 Å². The molecule has 1 unspecified atom stereocenters. The summed E-state index contributed by atoms with van der Waals surface area (Å²) in [4.78, 5) is 21.4. The highest BCUT2D eigenvalue weighted by Gasteiger charge is 2.26. The van der Waals surface area contributed by atoms with Crippen molar-refractivity contribution in [2.24, 2.45) is 5.73 Å². The number of piperazine rings is 1. The van der Waals surface area contributed by atoms with Crippen molar-refractivity contribution >= 4 is 22.4 Å². The van der Waals surface area contributed by atoms with E-state index in [0.29, 0.717) is 19.5 Å². The van der Waals surface area contributed by atoms with E-state index in [1.807, 2.05) is 35.5 Å². The summed E-state index contributed by atoms with van der Waals surface area (Å²) in [5, 5.41) is 2.34. The van der Waals surface area contributed by atoms with Crippen LogP contribution in [0.4, 0.5) is 5.69 Å². The number of anilines is 1. The normalized spacial score (nSPS) is 15.6. The Morgan fingerprint density at radius 2 is 1.86 bits per heavy atom. The highest BCUT2D eigenvalue weighted by molar-refractivity contribution is 5.93. The number of carbonyl (C=O) groups is 1. The predicted octanol–water partition coefficient (Wildman–Crippen LogP) is 2.76. The highest BCUT2D eigenvalue weighted by Crippen LogP contribution is 2.26. The summed E-state index contributed by atoms with van der Waals surface area (Å²) in [6.45, 7) is 5.00. The molecular weight excluding hydrogens is 348 g/mol. The van der Waals surface area contributed by atoms with Crippen LogP contribution in [0.25, 0.3) is 10.8 Å². The van der Waals surface area contributed by atoms with Gasteiger partial charge in [0.1, 0.15) is 0 Å². The van der Waals surface area contributed by atoms with Crippen molar-refractivity contribution < 1.29 is 4.79 Å². The molecule has 1 amide bonds. The third-order valence-electron chi connectivity index (χ3n) is 5.43. The van der Waals surface area contributed by atoms with Crippen molar-refractivity contribution in [3.63, 3.8) is 0 Å². The summed E-state index contributed by atoms with van der Waals surface area (Å²) in [6, 6.07) is 16.0. The van der Waals surface area contributed by atoms with E-state index in [9.17, 15) is 4.79 Å². The lowest BCUT2D eigenvalue weighted by Gasteiger charge is -2.37. The van der Waals surface area contributed by atoms with Crippen molar-refractivity contribution in [1.82, 2.24) is 9.88 Å². The topological polar surface area (TPSA) is 62.5 Å². The van der Waals surface area contributed by atoms with Gasteiger partial charge in [0, 0.05) is 43.1 Å². The van der Waals surface area contributed by atoms with E-state index < -0.39 is 6.04 Å². The van der Waals surface area contributed by atoms with Gasteiger partial charge in [0.15, 0.2) is 0 Å². The van der Waals surface area contributed by atoms with Gasteiger partial charge >= 0.3 is 0 Å². The fraction of sp³-hybridized carbons (Fsp3) is 0.304. The Hall–Kier alpha value is -2.92. The third-order valence-corrected chi connectivity index (χ3v) is 5.43. The Morgan fingerprint density at radius 1 is 1.07 bits per heavy atom. The molecule has 0 aliphatic carbocycles. The zero-order valence-corrected chi connectivity index (χ0v) is 16.2. The zero-order chi connectivity index (χ0) is 19.5. The zero-order valence-electron chi connectivity index (χ0n) is 16.2. The number of benzene rings is 2. The largest absolute Gasteiger partial charge is 0.366 e. The molecule has 1 aromatic heterocycles. The molecule has 5 heteroatoms. The molecule has 4 rings (SSSR count). The average molecular weight is 374 g/mol. The predicted molar refractivity (Wildman–Crippen MR) is 113 cm³/mol. The maximum atomic E-state index is 12.8. The van der Waals surface area contributed by atoms with Gasteiger partial charge in [-0.1, -0.05) is 54.1 Å². The van der Waals surface area contributed by atoms with Gasteiger partial charge in [-0.15, -0.1) is 0 Å². The van der Waals surface area contributed by atoms with Gasteiger partial charge in [0.05, 0.1) is 17.9 Å². The highest BCUT2D eigenvalue weighted by atomic mass is 16.2. The van der Waals surface area contributed by atoms with Gasteiger partial charge in [-0.3, -0.25) is 9.78 Å².